The number of aryl methyl sites for hydroxylation is 1. The van der Waals surface area contributed by atoms with Crippen LogP contribution in [-0.2, 0) is 16.0 Å². The molecule has 2 aromatic rings. The van der Waals surface area contributed by atoms with Crippen molar-refractivity contribution in [1.82, 2.24) is 4.90 Å². The van der Waals surface area contributed by atoms with Crippen molar-refractivity contribution in [1.29, 1.82) is 0 Å². The number of rotatable bonds is 3. The number of hydrogen-bond donors (Lipinski definition) is 0. The minimum atomic E-state index is -0.472. The summed E-state index contributed by atoms with van der Waals surface area (Å²) < 4.78 is 0. The van der Waals surface area contributed by atoms with Crippen LogP contribution in [0.3, 0.4) is 0 Å². The monoisotopic (exact) mass is 356 g/mol. The first-order chi connectivity index (χ1) is 12.0. The number of carbonyl (C=O) groups is 2. The second-order valence-corrected chi connectivity index (χ2v) is 6.78. The molecule has 0 aliphatic carbocycles. The molecular weight excluding hydrogens is 336 g/mol. The molecule has 1 saturated heterocycles. The molecule has 0 spiro atoms. The molecule has 130 valence electrons. The summed E-state index contributed by atoms with van der Waals surface area (Å²) in [5.41, 5.74) is 2.77. The van der Waals surface area contributed by atoms with Crippen molar-refractivity contribution in [3.8, 4) is 0 Å². The van der Waals surface area contributed by atoms with Gasteiger partial charge in [-0.1, -0.05) is 41.9 Å². The fourth-order valence-electron chi connectivity index (χ4n) is 3.24. The number of halogens is 1. The van der Waals surface area contributed by atoms with Gasteiger partial charge in [-0.25, -0.2) is 0 Å². The molecule has 2 amide bonds. The zero-order chi connectivity index (χ0) is 18.0. The average molecular weight is 357 g/mol. The van der Waals surface area contributed by atoms with Gasteiger partial charge in [0.25, 0.3) is 0 Å². The molecule has 1 fully saturated rings. The fraction of sp³-hybridized carbons (Fsp3) is 0.300. The van der Waals surface area contributed by atoms with Gasteiger partial charge in [0.2, 0.25) is 11.8 Å². The highest BCUT2D eigenvalue weighted by molar-refractivity contribution is 6.30. The maximum Gasteiger partial charge on any atom is 0.249 e. The molecule has 1 aliphatic heterocycles. The molecule has 0 radical (unpaired) electrons. The number of hydrogen-bond acceptors (Lipinski definition) is 2. The third-order valence-corrected chi connectivity index (χ3v) is 4.86. The zero-order valence-corrected chi connectivity index (χ0v) is 15.2. The largest absolute Gasteiger partial charge is 0.329 e. The molecule has 25 heavy (non-hydrogen) atoms. The van der Waals surface area contributed by atoms with Gasteiger partial charge in [-0.2, -0.15) is 0 Å². The third kappa shape index (κ3) is 3.69. The van der Waals surface area contributed by atoms with Crippen molar-refractivity contribution >= 4 is 29.1 Å². The van der Waals surface area contributed by atoms with Crippen molar-refractivity contribution < 1.29 is 9.59 Å². The van der Waals surface area contributed by atoms with Gasteiger partial charge in [-0.05, 0) is 43.2 Å². The van der Waals surface area contributed by atoms with Gasteiger partial charge in [0.15, 0.2) is 0 Å². The van der Waals surface area contributed by atoms with Crippen molar-refractivity contribution in [2.45, 2.75) is 26.3 Å². The molecule has 0 N–H and O–H groups in total. The highest BCUT2D eigenvalue weighted by Crippen LogP contribution is 2.26. The fourth-order valence-corrected chi connectivity index (χ4v) is 3.47. The first-order valence-corrected chi connectivity index (χ1v) is 8.76. The molecule has 2 aromatic carbocycles. The summed E-state index contributed by atoms with van der Waals surface area (Å²) in [6, 6.07) is 14.6. The first-order valence-electron chi connectivity index (χ1n) is 8.38. The second-order valence-electron chi connectivity index (χ2n) is 6.35. The van der Waals surface area contributed by atoms with Crippen molar-refractivity contribution in [2.75, 3.05) is 18.0 Å². The minimum absolute atomic E-state index is 0.0143. The average Bonchev–Trinajstić information content (AvgIpc) is 2.59. The Balaban J connectivity index is 1.74. The van der Waals surface area contributed by atoms with Crippen molar-refractivity contribution in [3.05, 3.63) is 64.7 Å². The van der Waals surface area contributed by atoms with Crippen LogP contribution in [-0.4, -0.2) is 35.8 Å². The number of anilines is 1. The van der Waals surface area contributed by atoms with E-state index in [9.17, 15) is 9.59 Å². The molecule has 0 unspecified atom stereocenters. The van der Waals surface area contributed by atoms with E-state index in [0.717, 1.165) is 16.8 Å². The van der Waals surface area contributed by atoms with Crippen LogP contribution >= 0.6 is 11.6 Å². The van der Waals surface area contributed by atoms with Crippen molar-refractivity contribution in [2.24, 2.45) is 0 Å². The van der Waals surface area contributed by atoms with E-state index in [4.69, 9.17) is 11.6 Å². The molecule has 1 heterocycles. The van der Waals surface area contributed by atoms with Crippen LogP contribution in [0.4, 0.5) is 5.69 Å². The van der Waals surface area contributed by atoms with E-state index in [1.54, 1.807) is 22.8 Å². The predicted octanol–water partition coefficient (Wildman–Crippen LogP) is 3.45. The van der Waals surface area contributed by atoms with Crippen LogP contribution in [0.2, 0.25) is 5.02 Å². The number of amides is 2. The number of nitrogens with zero attached hydrogens (tertiary/aromatic N) is 2. The Kier molecular flexibility index (Phi) is 5.09. The molecule has 1 aliphatic rings. The molecule has 5 heteroatoms. The molecule has 0 saturated carbocycles. The normalized spacial score (nSPS) is 17.7. The SMILES string of the molecule is Cc1cc(Cl)ccc1N1CCN(C(=O)Cc2ccccc2)[C@H](C)C1=O. The summed E-state index contributed by atoms with van der Waals surface area (Å²) in [5, 5.41) is 0.651. The van der Waals surface area contributed by atoms with Gasteiger partial charge in [-0.15, -0.1) is 0 Å². The van der Waals surface area contributed by atoms with Crippen LogP contribution in [0.1, 0.15) is 18.1 Å². The van der Waals surface area contributed by atoms with Crippen LogP contribution in [0, 0.1) is 6.92 Å². The Hall–Kier alpha value is -2.33. The van der Waals surface area contributed by atoms with E-state index < -0.39 is 6.04 Å². The Morgan fingerprint density at radius 3 is 2.56 bits per heavy atom. The van der Waals surface area contributed by atoms with Gasteiger partial charge >= 0.3 is 0 Å². The van der Waals surface area contributed by atoms with Crippen LogP contribution in [0.15, 0.2) is 48.5 Å². The van der Waals surface area contributed by atoms with E-state index in [1.165, 1.54) is 0 Å². The smallest absolute Gasteiger partial charge is 0.249 e. The Morgan fingerprint density at radius 2 is 1.88 bits per heavy atom. The molecule has 3 rings (SSSR count). The highest BCUT2D eigenvalue weighted by Gasteiger charge is 2.35. The second kappa shape index (κ2) is 7.28. The van der Waals surface area contributed by atoms with Gasteiger partial charge in [0.1, 0.15) is 6.04 Å². The minimum Gasteiger partial charge on any atom is -0.329 e. The molecule has 0 bridgehead atoms. The van der Waals surface area contributed by atoms with Gasteiger partial charge in [0.05, 0.1) is 6.42 Å². The Bertz CT molecular complexity index is 792. The summed E-state index contributed by atoms with van der Waals surface area (Å²) in [4.78, 5) is 28.9. The molecule has 4 nitrogen and oxygen atoms in total. The van der Waals surface area contributed by atoms with E-state index in [2.05, 4.69) is 0 Å². The lowest BCUT2D eigenvalue weighted by Gasteiger charge is -2.39. The van der Waals surface area contributed by atoms with E-state index >= 15 is 0 Å². The molecule has 1 atom stereocenters. The van der Waals surface area contributed by atoms with Crippen LogP contribution in [0.5, 0.6) is 0 Å². The summed E-state index contributed by atoms with van der Waals surface area (Å²) in [7, 11) is 0. The quantitative estimate of drug-likeness (QED) is 0.845. The molecule has 0 aromatic heterocycles. The summed E-state index contributed by atoms with van der Waals surface area (Å²) in [6.45, 7) is 4.75. The predicted molar refractivity (Wildman–Crippen MR) is 99.9 cm³/mol. The van der Waals surface area contributed by atoms with E-state index in [0.29, 0.717) is 24.5 Å². The topological polar surface area (TPSA) is 40.6 Å². The Morgan fingerprint density at radius 1 is 1.16 bits per heavy atom. The summed E-state index contributed by atoms with van der Waals surface area (Å²) in [6.07, 6.45) is 0.318. The lowest BCUT2D eigenvalue weighted by molar-refractivity contribution is -0.140. The Labute approximate surface area is 153 Å². The van der Waals surface area contributed by atoms with E-state index in [-0.39, 0.29) is 11.8 Å². The molecular formula is C20H21ClN2O2. The maximum absolute atomic E-state index is 12.8. The van der Waals surface area contributed by atoms with E-state index in [1.807, 2.05) is 49.4 Å². The number of carbonyl (C=O) groups excluding carboxylic acids is 2. The summed E-state index contributed by atoms with van der Waals surface area (Å²) >= 11 is 6.01. The zero-order valence-electron chi connectivity index (χ0n) is 14.4. The van der Waals surface area contributed by atoms with Gasteiger partial charge in [0, 0.05) is 23.8 Å². The van der Waals surface area contributed by atoms with Crippen molar-refractivity contribution in [3.63, 3.8) is 0 Å². The van der Waals surface area contributed by atoms with Gasteiger partial charge in [-0.3, -0.25) is 9.59 Å². The van der Waals surface area contributed by atoms with Crippen LogP contribution < -0.4 is 4.90 Å². The first kappa shape index (κ1) is 17.5. The van der Waals surface area contributed by atoms with Crippen LogP contribution in [0.25, 0.3) is 0 Å². The van der Waals surface area contributed by atoms with Gasteiger partial charge < -0.3 is 9.80 Å². The lowest BCUT2D eigenvalue weighted by atomic mass is 10.1. The number of benzene rings is 2. The lowest BCUT2D eigenvalue weighted by Crippen LogP contribution is -2.58. The highest BCUT2D eigenvalue weighted by atomic mass is 35.5. The third-order valence-electron chi connectivity index (χ3n) is 4.62. The maximum atomic E-state index is 12.8. The summed E-state index contributed by atoms with van der Waals surface area (Å²) in [5.74, 6) is -0.0717. The number of piperazine rings is 1. The standard InChI is InChI=1S/C20H21ClN2O2/c1-14-12-17(21)8-9-18(14)23-11-10-22(15(2)20(23)25)19(24)13-16-6-4-3-5-7-16/h3-9,12,15H,10-11,13H2,1-2H3/t15-/m1/s1.